The molecule has 2 aromatic heterocycles. The number of hydrogen-bond donors (Lipinski definition) is 1. The molecule has 1 saturated carbocycles. The fraction of sp³-hybridized carbons (Fsp3) is 0.292. The van der Waals surface area contributed by atoms with Gasteiger partial charge in [0.1, 0.15) is 0 Å². The zero-order valence-corrected chi connectivity index (χ0v) is 19.7. The van der Waals surface area contributed by atoms with Crippen LogP contribution in [0.5, 0.6) is 0 Å². The summed E-state index contributed by atoms with van der Waals surface area (Å²) in [6.07, 6.45) is 5.23. The largest absolute Gasteiger partial charge is 0.466 e. The maximum Gasteiger partial charge on any atom is 0.338 e. The van der Waals surface area contributed by atoms with E-state index in [0.29, 0.717) is 22.2 Å². The van der Waals surface area contributed by atoms with Crippen molar-refractivity contribution in [1.82, 2.24) is 30.0 Å². The Kier molecular flexibility index (Phi) is 6.06. The first kappa shape index (κ1) is 22.1. The Balaban J connectivity index is 1.52. The zero-order chi connectivity index (χ0) is 23.7. The van der Waals surface area contributed by atoms with Crippen LogP contribution in [0.25, 0.3) is 11.4 Å². The number of methoxy groups -OCH3 is 1. The predicted octanol–water partition coefficient (Wildman–Crippen LogP) is 3.33. The van der Waals surface area contributed by atoms with E-state index in [1.165, 1.54) is 18.9 Å². The van der Waals surface area contributed by atoms with E-state index in [4.69, 9.17) is 4.74 Å². The van der Waals surface area contributed by atoms with E-state index < -0.39 is 12.0 Å². The van der Waals surface area contributed by atoms with Gasteiger partial charge in [0.15, 0.2) is 11.0 Å². The normalized spacial score (nSPS) is 18.1. The fourth-order valence-corrected chi connectivity index (χ4v) is 5.06. The molecule has 1 fully saturated rings. The predicted molar refractivity (Wildman–Crippen MR) is 127 cm³/mol. The van der Waals surface area contributed by atoms with Crippen LogP contribution in [0.4, 0.5) is 4.79 Å². The molecule has 0 bridgehead atoms. The molecule has 0 radical (unpaired) electrons. The van der Waals surface area contributed by atoms with Crippen LogP contribution < -0.4 is 5.32 Å². The number of urea groups is 1. The highest BCUT2D eigenvalue weighted by Gasteiger charge is 2.44. The minimum atomic E-state index is -0.585. The first-order chi connectivity index (χ1) is 16.6. The quantitative estimate of drug-likeness (QED) is 0.412. The van der Waals surface area contributed by atoms with Gasteiger partial charge in [-0.2, -0.15) is 0 Å². The van der Waals surface area contributed by atoms with Crippen LogP contribution in [0.15, 0.2) is 71.3 Å². The van der Waals surface area contributed by atoms with Crippen molar-refractivity contribution in [3.63, 3.8) is 0 Å². The second-order valence-electron chi connectivity index (χ2n) is 8.14. The summed E-state index contributed by atoms with van der Waals surface area (Å²) in [6, 6.07) is 12.5. The molecule has 5 rings (SSSR count). The van der Waals surface area contributed by atoms with Crippen molar-refractivity contribution < 1.29 is 14.3 Å². The van der Waals surface area contributed by atoms with Crippen LogP contribution >= 0.6 is 11.8 Å². The Morgan fingerprint density at radius 3 is 2.56 bits per heavy atom. The number of esters is 1. The highest BCUT2D eigenvalue weighted by molar-refractivity contribution is 7.99. The molecule has 1 N–H and O–H groups in total. The van der Waals surface area contributed by atoms with Crippen molar-refractivity contribution in [2.75, 3.05) is 12.9 Å². The second kappa shape index (κ2) is 9.30. The maximum atomic E-state index is 13.2. The molecule has 174 valence electrons. The molecule has 9 nitrogen and oxygen atoms in total. The number of hydrogen-bond acceptors (Lipinski definition) is 7. The third-order valence-electron chi connectivity index (χ3n) is 5.94. The van der Waals surface area contributed by atoms with Gasteiger partial charge in [-0.25, -0.2) is 9.59 Å². The first-order valence-electron chi connectivity index (χ1n) is 11.0. The van der Waals surface area contributed by atoms with Gasteiger partial charge in [0.05, 0.1) is 18.7 Å². The third kappa shape index (κ3) is 4.16. The van der Waals surface area contributed by atoms with Gasteiger partial charge in [-0.15, -0.1) is 10.2 Å². The second-order valence-corrected chi connectivity index (χ2v) is 9.08. The minimum absolute atomic E-state index is 0.0823. The molecule has 2 aliphatic rings. The molecule has 1 aliphatic carbocycles. The number of pyridine rings is 1. The van der Waals surface area contributed by atoms with Gasteiger partial charge in [0.2, 0.25) is 0 Å². The molecule has 3 heterocycles. The van der Waals surface area contributed by atoms with E-state index in [1.807, 2.05) is 54.1 Å². The molecule has 34 heavy (non-hydrogen) atoms. The number of nitrogens with zero attached hydrogens (tertiary/aromatic N) is 5. The van der Waals surface area contributed by atoms with Gasteiger partial charge in [0.25, 0.3) is 0 Å². The van der Waals surface area contributed by atoms with E-state index in [-0.39, 0.29) is 12.1 Å². The summed E-state index contributed by atoms with van der Waals surface area (Å²) >= 11 is 1.44. The van der Waals surface area contributed by atoms with E-state index in [1.54, 1.807) is 17.3 Å². The summed E-state index contributed by atoms with van der Waals surface area (Å²) in [5.74, 6) is 0.639. The van der Waals surface area contributed by atoms with Crippen molar-refractivity contribution in [3.05, 3.63) is 71.7 Å². The molecular weight excluding hydrogens is 452 g/mol. The van der Waals surface area contributed by atoms with Gasteiger partial charge in [-0.05, 0) is 30.5 Å². The van der Waals surface area contributed by atoms with Crippen LogP contribution in [0.2, 0.25) is 0 Å². The van der Waals surface area contributed by atoms with Crippen molar-refractivity contribution >= 4 is 23.8 Å². The Bertz CT molecular complexity index is 1240. The van der Waals surface area contributed by atoms with E-state index in [9.17, 15) is 9.59 Å². The number of benzene rings is 1. The lowest BCUT2D eigenvalue weighted by Crippen LogP contribution is -2.50. The van der Waals surface area contributed by atoms with Gasteiger partial charge in [-0.3, -0.25) is 9.88 Å². The number of thioether (sulfide) groups is 1. The fourth-order valence-electron chi connectivity index (χ4n) is 4.12. The van der Waals surface area contributed by atoms with Gasteiger partial charge in [-0.1, -0.05) is 42.1 Å². The first-order valence-corrected chi connectivity index (χ1v) is 12.0. The molecule has 1 atom stereocenters. The summed E-state index contributed by atoms with van der Waals surface area (Å²) in [5.41, 5.74) is 2.84. The van der Waals surface area contributed by atoms with E-state index >= 15 is 0 Å². The highest BCUT2D eigenvalue weighted by Crippen LogP contribution is 2.40. The summed E-state index contributed by atoms with van der Waals surface area (Å²) < 4.78 is 7.07. The van der Waals surface area contributed by atoms with Crippen molar-refractivity contribution in [2.24, 2.45) is 7.05 Å². The number of ether oxygens (including phenoxy) is 1. The monoisotopic (exact) mass is 476 g/mol. The lowest BCUT2D eigenvalue weighted by atomic mass is 9.95. The number of carbonyl (C=O) groups is 2. The van der Waals surface area contributed by atoms with E-state index in [0.717, 1.165) is 29.8 Å². The van der Waals surface area contributed by atoms with Crippen LogP contribution in [-0.4, -0.2) is 55.6 Å². The lowest BCUT2D eigenvalue weighted by Gasteiger charge is -2.36. The minimum Gasteiger partial charge on any atom is -0.466 e. The number of aromatic nitrogens is 4. The molecule has 10 heteroatoms. The maximum absolute atomic E-state index is 13.2. The molecule has 3 aromatic rings. The number of amides is 2. The Morgan fingerprint density at radius 1 is 1.15 bits per heavy atom. The van der Waals surface area contributed by atoms with Crippen LogP contribution in [0, 0.1) is 0 Å². The Hall–Kier alpha value is -3.66. The summed E-state index contributed by atoms with van der Waals surface area (Å²) in [5, 5.41) is 12.4. The summed E-state index contributed by atoms with van der Waals surface area (Å²) in [7, 11) is 3.26. The average molecular weight is 477 g/mol. The van der Waals surface area contributed by atoms with E-state index in [2.05, 4.69) is 20.5 Å². The molecule has 1 aliphatic heterocycles. The van der Waals surface area contributed by atoms with Gasteiger partial charge >= 0.3 is 12.0 Å². The molecule has 1 unspecified atom stereocenters. The Labute approximate surface area is 201 Å². The number of nitrogens with one attached hydrogen (secondary N) is 1. The topological polar surface area (TPSA) is 102 Å². The van der Waals surface area contributed by atoms with Gasteiger partial charge in [0, 0.05) is 42.5 Å². The standard InChI is InChI=1S/C24H24N6O3S/c1-29-21(16-10-12-25-13-11-16)27-28-24(29)34-14-18-19(22(31)33-2)20(15-6-4-3-5-7-15)26-23(32)30(18)17-8-9-17/h3-7,10-13,17,20H,8-9,14H2,1-2H3,(H,26,32). The molecular formula is C24H24N6O3S. The zero-order valence-electron chi connectivity index (χ0n) is 18.8. The molecule has 1 aromatic carbocycles. The van der Waals surface area contributed by atoms with Crippen LogP contribution in [0.1, 0.15) is 24.4 Å². The van der Waals surface area contributed by atoms with Crippen LogP contribution in [0.3, 0.4) is 0 Å². The summed E-state index contributed by atoms with van der Waals surface area (Å²) in [4.78, 5) is 32.0. The lowest BCUT2D eigenvalue weighted by molar-refractivity contribution is -0.136. The smallest absolute Gasteiger partial charge is 0.338 e. The van der Waals surface area contributed by atoms with Crippen LogP contribution in [-0.2, 0) is 16.6 Å². The van der Waals surface area contributed by atoms with Crippen molar-refractivity contribution in [3.8, 4) is 11.4 Å². The summed E-state index contributed by atoms with van der Waals surface area (Å²) in [6.45, 7) is 0. The van der Waals surface area contributed by atoms with Crippen molar-refractivity contribution in [2.45, 2.75) is 30.1 Å². The molecule has 0 spiro atoms. The molecule has 0 saturated heterocycles. The number of carbonyl (C=O) groups excluding carboxylic acids is 2. The van der Waals surface area contributed by atoms with Gasteiger partial charge < -0.3 is 14.6 Å². The highest BCUT2D eigenvalue weighted by atomic mass is 32.2. The SMILES string of the molecule is COC(=O)C1=C(CSc2nnc(-c3ccncc3)n2C)N(C2CC2)C(=O)NC1c1ccccc1. The van der Waals surface area contributed by atoms with Crippen molar-refractivity contribution in [1.29, 1.82) is 0 Å². The average Bonchev–Trinajstić information content (AvgIpc) is 3.64. The number of rotatable bonds is 7. The third-order valence-corrected chi connectivity index (χ3v) is 6.97. The molecule has 2 amide bonds. The Morgan fingerprint density at radius 2 is 1.88 bits per heavy atom.